The van der Waals surface area contributed by atoms with Crippen LogP contribution in [0.3, 0.4) is 0 Å². The van der Waals surface area contributed by atoms with Gasteiger partial charge in [0.1, 0.15) is 11.5 Å². The maximum atomic E-state index is 10.8. The first-order chi connectivity index (χ1) is 10.5. The van der Waals surface area contributed by atoms with Gasteiger partial charge >= 0.3 is 11.9 Å². The molecule has 114 valence electrons. The number of ether oxygens (including phenoxy) is 1. The number of aliphatic carboxylic acids is 1. The molecule has 0 amide bonds. The van der Waals surface area contributed by atoms with Gasteiger partial charge in [0.15, 0.2) is 0 Å². The molecule has 0 aliphatic rings. The Labute approximate surface area is 126 Å². The minimum absolute atomic E-state index is 0.116. The minimum Gasteiger partial charge on any atom is -0.496 e. The molecule has 6 heteroatoms. The van der Waals surface area contributed by atoms with Crippen molar-refractivity contribution in [2.75, 3.05) is 7.11 Å². The van der Waals surface area contributed by atoms with E-state index in [1.165, 1.54) is 19.3 Å². The van der Waals surface area contributed by atoms with Crippen molar-refractivity contribution >= 4 is 18.0 Å². The lowest BCUT2D eigenvalue weighted by Gasteiger charge is -2.08. The van der Waals surface area contributed by atoms with E-state index in [2.05, 4.69) is 0 Å². The number of rotatable bonds is 6. The molecule has 0 radical (unpaired) electrons. The average Bonchev–Trinajstić information content (AvgIpc) is 2.95. The van der Waals surface area contributed by atoms with Crippen LogP contribution in [0.4, 0.5) is 0 Å². The molecule has 6 nitrogen and oxygen atoms in total. The maximum Gasteiger partial charge on any atom is 0.371 e. The summed E-state index contributed by atoms with van der Waals surface area (Å²) in [7, 11) is 1.51. The second-order valence-electron chi connectivity index (χ2n) is 4.49. The Morgan fingerprint density at radius 1 is 1.23 bits per heavy atom. The summed E-state index contributed by atoms with van der Waals surface area (Å²) in [6.45, 7) is 0. The highest BCUT2D eigenvalue weighted by atomic mass is 16.5. The van der Waals surface area contributed by atoms with Gasteiger partial charge in [-0.3, -0.25) is 0 Å². The first kappa shape index (κ1) is 15.4. The highest BCUT2D eigenvalue weighted by Gasteiger charge is 2.11. The molecule has 0 fully saturated rings. The maximum absolute atomic E-state index is 10.8. The van der Waals surface area contributed by atoms with Crippen LogP contribution in [0.5, 0.6) is 5.75 Å². The molecule has 0 atom stereocenters. The van der Waals surface area contributed by atoms with Crippen LogP contribution in [0.2, 0.25) is 0 Å². The normalized spacial score (nSPS) is 10.8. The number of hydrogen-bond donors (Lipinski definition) is 2. The topological polar surface area (TPSA) is 97.0 Å². The highest BCUT2D eigenvalue weighted by molar-refractivity contribution is 5.85. The quantitative estimate of drug-likeness (QED) is 0.796. The van der Waals surface area contributed by atoms with E-state index in [0.29, 0.717) is 23.5 Å². The Balaban J connectivity index is 2.23. The first-order valence-corrected chi connectivity index (χ1v) is 6.39. The number of methoxy groups -OCH3 is 1. The van der Waals surface area contributed by atoms with Gasteiger partial charge in [0, 0.05) is 18.1 Å². The summed E-state index contributed by atoms with van der Waals surface area (Å²) in [5.41, 5.74) is 1.50. The van der Waals surface area contributed by atoms with Gasteiger partial charge in [-0.05, 0) is 29.8 Å². The number of carbonyl (C=O) groups is 2. The molecule has 0 aliphatic heterocycles. The Hall–Kier alpha value is -3.02. The van der Waals surface area contributed by atoms with Crippen LogP contribution < -0.4 is 4.74 Å². The van der Waals surface area contributed by atoms with Crippen LogP contribution in [0.1, 0.15) is 27.4 Å². The molecule has 22 heavy (non-hydrogen) atoms. The fourth-order valence-electron chi connectivity index (χ4n) is 1.95. The Morgan fingerprint density at radius 2 is 2.00 bits per heavy atom. The molecule has 2 rings (SSSR count). The van der Waals surface area contributed by atoms with E-state index in [4.69, 9.17) is 19.4 Å². The Bertz CT molecular complexity index is 726. The molecule has 1 aromatic heterocycles. The molecular weight excluding hydrogens is 288 g/mol. The number of hydrogen-bond acceptors (Lipinski definition) is 4. The zero-order chi connectivity index (χ0) is 16.1. The fraction of sp³-hybridized carbons (Fsp3) is 0.125. The van der Waals surface area contributed by atoms with Crippen molar-refractivity contribution < 1.29 is 29.0 Å². The average molecular weight is 302 g/mol. The predicted octanol–water partition coefficient (Wildman–Crippen LogP) is 2.68. The molecule has 1 heterocycles. The standard InChI is InChI=1S/C16H14O6/c1-21-14-8-10(3-7-15(17)18)2-4-11(14)9-12-5-6-13(22-12)16(19)20/h2-8H,9H2,1H3,(H,17,18)(H,19,20). The molecule has 0 unspecified atom stereocenters. The monoisotopic (exact) mass is 302 g/mol. The Morgan fingerprint density at radius 3 is 2.59 bits per heavy atom. The molecule has 0 aliphatic carbocycles. The molecular formula is C16H14O6. The van der Waals surface area contributed by atoms with Crippen LogP contribution >= 0.6 is 0 Å². The van der Waals surface area contributed by atoms with Crippen LogP contribution in [-0.2, 0) is 11.2 Å². The Kier molecular flexibility index (Phi) is 4.63. The first-order valence-electron chi connectivity index (χ1n) is 6.39. The van der Waals surface area contributed by atoms with Gasteiger partial charge in [-0.1, -0.05) is 12.1 Å². The summed E-state index contributed by atoms with van der Waals surface area (Å²) in [5, 5.41) is 17.5. The molecule has 1 aromatic carbocycles. The van der Waals surface area contributed by atoms with Crippen molar-refractivity contribution in [3.8, 4) is 5.75 Å². The molecule has 0 saturated carbocycles. The van der Waals surface area contributed by atoms with E-state index in [-0.39, 0.29) is 5.76 Å². The summed E-state index contributed by atoms with van der Waals surface area (Å²) in [4.78, 5) is 21.3. The van der Waals surface area contributed by atoms with Crippen LogP contribution in [0.15, 0.2) is 40.8 Å². The van der Waals surface area contributed by atoms with Crippen LogP contribution in [-0.4, -0.2) is 29.3 Å². The lowest BCUT2D eigenvalue weighted by atomic mass is 10.1. The number of carboxylic acid groups (broad SMARTS) is 2. The fourth-order valence-corrected chi connectivity index (χ4v) is 1.95. The largest absolute Gasteiger partial charge is 0.496 e. The third-order valence-corrected chi connectivity index (χ3v) is 2.97. The van der Waals surface area contributed by atoms with Crippen LogP contribution in [0.25, 0.3) is 6.08 Å². The summed E-state index contributed by atoms with van der Waals surface area (Å²) < 4.78 is 10.5. The minimum atomic E-state index is -1.12. The van der Waals surface area contributed by atoms with E-state index in [9.17, 15) is 9.59 Å². The summed E-state index contributed by atoms with van der Waals surface area (Å²) in [5.74, 6) is -1.19. The van der Waals surface area contributed by atoms with Gasteiger partial charge in [-0.2, -0.15) is 0 Å². The van der Waals surface area contributed by atoms with E-state index in [1.54, 1.807) is 24.3 Å². The predicted molar refractivity (Wildman–Crippen MR) is 78.1 cm³/mol. The smallest absolute Gasteiger partial charge is 0.371 e. The lowest BCUT2D eigenvalue weighted by Crippen LogP contribution is -1.95. The van der Waals surface area contributed by atoms with Gasteiger partial charge in [0.25, 0.3) is 0 Å². The van der Waals surface area contributed by atoms with Crippen molar-refractivity contribution in [1.29, 1.82) is 0 Å². The van der Waals surface area contributed by atoms with E-state index >= 15 is 0 Å². The third-order valence-electron chi connectivity index (χ3n) is 2.97. The lowest BCUT2D eigenvalue weighted by molar-refractivity contribution is -0.131. The van der Waals surface area contributed by atoms with Gasteiger partial charge in [0.2, 0.25) is 5.76 Å². The van der Waals surface area contributed by atoms with E-state index < -0.39 is 11.9 Å². The molecule has 0 saturated heterocycles. The van der Waals surface area contributed by atoms with Gasteiger partial charge in [-0.25, -0.2) is 9.59 Å². The third kappa shape index (κ3) is 3.76. The molecule has 2 N–H and O–H groups in total. The summed E-state index contributed by atoms with van der Waals surface area (Å²) >= 11 is 0. The number of benzene rings is 1. The second kappa shape index (κ2) is 6.62. The second-order valence-corrected chi connectivity index (χ2v) is 4.49. The molecule has 0 bridgehead atoms. The van der Waals surface area contributed by atoms with Gasteiger partial charge in [0.05, 0.1) is 7.11 Å². The van der Waals surface area contributed by atoms with Crippen molar-refractivity contribution in [3.63, 3.8) is 0 Å². The van der Waals surface area contributed by atoms with Crippen molar-refractivity contribution in [3.05, 3.63) is 59.1 Å². The molecule has 0 spiro atoms. The summed E-state index contributed by atoms with van der Waals surface area (Å²) in [6.07, 6.45) is 2.88. The van der Waals surface area contributed by atoms with Crippen molar-refractivity contribution in [1.82, 2.24) is 0 Å². The number of furan rings is 1. The van der Waals surface area contributed by atoms with Crippen LogP contribution in [0, 0.1) is 0 Å². The van der Waals surface area contributed by atoms with Crippen molar-refractivity contribution in [2.24, 2.45) is 0 Å². The van der Waals surface area contributed by atoms with Gasteiger partial charge < -0.3 is 19.4 Å². The summed E-state index contributed by atoms with van der Waals surface area (Å²) in [6, 6.07) is 8.23. The number of carboxylic acids is 2. The van der Waals surface area contributed by atoms with E-state index in [1.807, 2.05) is 0 Å². The zero-order valence-electron chi connectivity index (χ0n) is 11.8. The van der Waals surface area contributed by atoms with E-state index in [0.717, 1.165) is 11.6 Å². The highest BCUT2D eigenvalue weighted by Crippen LogP contribution is 2.24. The zero-order valence-corrected chi connectivity index (χ0v) is 11.8. The number of aromatic carboxylic acids is 1. The van der Waals surface area contributed by atoms with Gasteiger partial charge in [-0.15, -0.1) is 0 Å². The SMILES string of the molecule is COc1cc(C=CC(=O)O)ccc1Cc1ccc(C(=O)O)o1. The van der Waals surface area contributed by atoms with Crippen molar-refractivity contribution in [2.45, 2.75) is 6.42 Å². The molecule has 2 aromatic rings.